The zero-order valence-corrected chi connectivity index (χ0v) is 34.2. The van der Waals surface area contributed by atoms with Gasteiger partial charge < -0.3 is 14.0 Å². The molecule has 0 amide bonds. The number of hydrogen-bond acceptors (Lipinski definition) is 4. The van der Waals surface area contributed by atoms with Crippen molar-refractivity contribution in [2.24, 2.45) is 5.92 Å². The van der Waals surface area contributed by atoms with E-state index >= 15 is 0 Å². The lowest BCUT2D eigenvalue weighted by molar-refractivity contribution is 0.124. The Balaban J connectivity index is 3.68. The van der Waals surface area contributed by atoms with E-state index in [1.165, 1.54) is 205 Å². The van der Waals surface area contributed by atoms with Gasteiger partial charge in [0.15, 0.2) is 0 Å². The maximum absolute atomic E-state index is 9.24. The van der Waals surface area contributed by atoms with Gasteiger partial charge in [0.1, 0.15) is 0 Å². The van der Waals surface area contributed by atoms with E-state index in [-0.39, 0.29) is 0 Å². The van der Waals surface area contributed by atoms with Gasteiger partial charge in [0, 0.05) is 13.2 Å². The molecule has 0 aromatic heterocycles. The van der Waals surface area contributed by atoms with Crippen LogP contribution in [-0.4, -0.2) is 36.8 Å². The third-order valence-electron chi connectivity index (χ3n) is 10.3. The summed E-state index contributed by atoms with van der Waals surface area (Å²) in [5, 5.41) is 9.64. The minimum Gasteiger partial charge on any atom is -0.396 e. The predicted octanol–water partition coefficient (Wildman–Crippen LogP) is 15.4. The van der Waals surface area contributed by atoms with Gasteiger partial charge in [-0.3, -0.25) is 0 Å². The molecule has 4 heteroatoms. The molecule has 0 heterocycles. The summed E-state index contributed by atoms with van der Waals surface area (Å²) in [6, 6.07) is 0. The standard InChI is InChI=1S/C44H90O3S/c1-4-6-8-10-12-14-16-18-20-22-24-26-28-30-32-34-39-46-42-44(41-43(3)37-36-38-45)48-47-40-35-33-31-29-27-25-23-21-19-17-15-13-11-9-7-5-2/h43-45H,4-42H2,1-3H3. The van der Waals surface area contributed by atoms with Crippen LogP contribution < -0.4 is 0 Å². The van der Waals surface area contributed by atoms with E-state index in [4.69, 9.17) is 8.92 Å². The molecule has 0 radical (unpaired) electrons. The number of ether oxygens (including phenoxy) is 1. The first-order chi connectivity index (χ1) is 23.7. The van der Waals surface area contributed by atoms with Crippen molar-refractivity contribution in [1.29, 1.82) is 0 Å². The monoisotopic (exact) mass is 699 g/mol. The fourth-order valence-corrected chi connectivity index (χ4v) is 7.93. The molecule has 3 nitrogen and oxygen atoms in total. The number of aliphatic hydroxyl groups excluding tert-OH is 1. The van der Waals surface area contributed by atoms with Crippen LogP contribution in [0.1, 0.15) is 245 Å². The van der Waals surface area contributed by atoms with Crippen molar-refractivity contribution >= 4 is 12.0 Å². The highest BCUT2D eigenvalue weighted by Crippen LogP contribution is 2.24. The molecule has 0 aliphatic rings. The Bertz CT molecular complexity index is 519. The molecule has 2 unspecified atom stereocenters. The molecule has 0 bridgehead atoms. The molecular weight excluding hydrogens is 609 g/mol. The van der Waals surface area contributed by atoms with Crippen LogP contribution in [0.2, 0.25) is 0 Å². The van der Waals surface area contributed by atoms with Gasteiger partial charge in [0.2, 0.25) is 0 Å². The van der Waals surface area contributed by atoms with Crippen molar-refractivity contribution in [2.45, 2.75) is 251 Å². The van der Waals surface area contributed by atoms with Crippen molar-refractivity contribution in [3.8, 4) is 0 Å². The molecule has 0 aromatic carbocycles. The van der Waals surface area contributed by atoms with Crippen LogP contribution in [-0.2, 0) is 8.92 Å². The van der Waals surface area contributed by atoms with E-state index < -0.39 is 0 Å². The van der Waals surface area contributed by atoms with Crippen molar-refractivity contribution in [3.05, 3.63) is 0 Å². The zero-order chi connectivity index (χ0) is 34.9. The second kappa shape index (κ2) is 43.4. The topological polar surface area (TPSA) is 38.7 Å². The van der Waals surface area contributed by atoms with Gasteiger partial charge >= 0.3 is 0 Å². The van der Waals surface area contributed by atoms with Crippen LogP contribution >= 0.6 is 12.0 Å². The quantitative estimate of drug-likeness (QED) is 0.0508. The lowest BCUT2D eigenvalue weighted by Crippen LogP contribution is -2.17. The van der Waals surface area contributed by atoms with Gasteiger partial charge in [-0.05, 0) is 50.1 Å². The predicted molar refractivity (Wildman–Crippen MR) is 217 cm³/mol. The summed E-state index contributed by atoms with van der Waals surface area (Å²) >= 11 is 1.67. The molecular formula is C44H90O3S. The Morgan fingerprint density at radius 2 is 0.771 bits per heavy atom. The Kier molecular flexibility index (Phi) is 43.6. The first-order valence-corrected chi connectivity index (χ1v) is 23.0. The van der Waals surface area contributed by atoms with Crippen LogP contribution in [0.15, 0.2) is 0 Å². The molecule has 0 aliphatic carbocycles. The number of rotatable bonds is 43. The van der Waals surface area contributed by atoms with Crippen molar-refractivity contribution in [2.75, 3.05) is 26.4 Å². The summed E-state index contributed by atoms with van der Waals surface area (Å²) in [5.74, 6) is 0.605. The molecule has 2 atom stereocenters. The molecule has 0 rings (SSSR count). The van der Waals surface area contributed by atoms with E-state index in [0.717, 1.165) is 39.1 Å². The SMILES string of the molecule is CCCCCCCCCCCCCCCCCCOCC(CC(C)CCCO)SOCCCCCCCCCCCCCCCCCC. The van der Waals surface area contributed by atoms with Crippen molar-refractivity contribution in [3.63, 3.8) is 0 Å². The summed E-state index contributed by atoms with van der Waals surface area (Å²) in [7, 11) is 0. The van der Waals surface area contributed by atoms with E-state index in [9.17, 15) is 5.11 Å². The van der Waals surface area contributed by atoms with Crippen LogP contribution in [0.3, 0.4) is 0 Å². The average Bonchev–Trinajstić information content (AvgIpc) is 3.09. The fraction of sp³-hybridized carbons (Fsp3) is 1.00. The molecule has 0 aromatic rings. The third kappa shape index (κ3) is 40.7. The molecule has 0 spiro atoms. The van der Waals surface area contributed by atoms with Crippen LogP contribution in [0.25, 0.3) is 0 Å². The Morgan fingerprint density at radius 1 is 0.438 bits per heavy atom. The first kappa shape index (κ1) is 48.2. The van der Waals surface area contributed by atoms with Gasteiger partial charge in [-0.2, -0.15) is 0 Å². The van der Waals surface area contributed by atoms with Crippen LogP contribution in [0.4, 0.5) is 0 Å². The number of aliphatic hydroxyl groups is 1. The summed E-state index contributed by atoms with van der Waals surface area (Å²) in [6.07, 6.45) is 48.1. The van der Waals surface area contributed by atoms with E-state index in [1.54, 1.807) is 12.0 Å². The van der Waals surface area contributed by atoms with Gasteiger partial charge in [-0.1, -0.05) is 213 Å². The van der Waals surface area contributed by atoms with E-state index in [2.05, 4.69) is 20.8 Å². The second-order valence-corrected chi connectivity index (χ2v) is 16.5. The summed E-state index contributed by atoms with van der Waals surface area (Å²) < 4.78 is 12.3. The van der Waals surface area contributed by atoms with Crippen LogP contribution in [0.5, 0.6) is 0 Å². The largest absolute Gasteiger partial charge is 0.396 e. The normalized spacial score (nSPS) is 13.0. The summed E-state index contributed by atoms with van der Waals surface area (Å²) in [6.45, 7) is 9.76. The molecule has 0 aliphatic heterocycles. The minimum atomic E-state index is 0.299. The molecule has 0 saturated heterocycles. The zero-order valence-electron chi connectivity index (χ0n) is 33.4. The van der Waals surface area contributed by atoms with Crippen molar-refractivity contribution < 1.29 is 14.0 Å². The molecule has 1 N–H and O–H groups in total. The van der Waals surface area contributed by atoms with Crippen molar-refractivity contribution in [1.82, 2.24) is 0 Å². The van der Waals surface area contributed by atoms with E-state index in [1.807, 2.05) is 0 Å². The number of unbranched alkanes of at least 4 members (excludes halogenated alkanes) is 30. The van der Waals surface area contributed by atoms with Crippen LogP contribution in [0, 0.1) is 5.92 Å². The highest BCUT2D eigenvalue weighted by molar-refractivity contribution is 7.95. The Labute approximate surface area is 308 Å². The Morgan fingerprint density at radius 3 is 1.12 bits per heavy atom. The maximum atomic E-state index is 9.24. The van der Waals surface area contributed by atoms with Gasteiger partial charge in [0.25, 0.3) is 0 Å². The van der Waals surface area contributed by atoms with Gasteiger partial charge in [0.05, 0.1) is 18.5 Å². The highest BCUT2D eigenvalue weighted by atomic mass is 32.2. The Hall–Kier alpha value is 0.230. The summed E-state index contributed by atoms with van der Waals surface area (Å²) in [5.41, 5.74) is 0. The molecule has 290 valence electrons. The first-order valence-electron chi connectivity index (χ1n) is 22.2. The second-order valence-electron chi connectivity index (χ2n) is 15.4. The third-order valence-corrected chi connectivity index (χ3v) is 11.2. The molecule has 0 fully saturated rings. The number of hydrogen-bond donors (Lipinski definition) is 1. The fourth-order valence-electron chi connectivity index (χ4n) is 6.96. The lowest BCUT2D eigenvalue weighted by atomic mass is 10.00. The summed E-state index contributed by atoms with van der Waals surface area (Å²) in [4.78, 5) is 0. The lowest BCUT2D eigenvalue weighted by Gasteiger charge is -2.20. The molecule has 48 heavy (non-hydrogen) atoms. The average molecular weight is 699 g/mol. The van der Waals surface area contributed by atoms with Gasteiger partial charge in [-0.15, -0.1) is 0 Å². The smallest absolute Gasteiger partial charge is 0.0614 e. The highest BCUT2D eigenvalue weighted by Gasteiger charge is 2.15. The van der Waals surface area contributed by atoms with E-state index in [0.29, 0.717) is 17.8 Å². The minimum absolute atomic E-state index is 0.299. The molecule has 0 saturated carbocycles. The maximum Gasteiger partial charge on any atom is 0.0614 e. The van der Waals surface area contributed by atoms with Gasteiger partial charge in [-0.25, -0.2) is 0 Å².